The summed E-state index contributed by atoms with van der Waals surface area (Å²) in [6, 6.07) is 15.3. The molecule has 144 valence electrons. The van der Waals surface area contributed by atoms with Gasteiger partial charge in [0.15, 0.2) is 11.5 Å². The van der Waals surface area contributed by atoms with E-state index in [1.54, 1.807) is 22.5 Å². The number of rotatable bonds is 4. The van der Waals surface area contributed by atoms with E-state index in [9.17, 15) is 8.42 Å². The minimum Gasteiger partial charge on any atom is -0.486 e. The van der Waals surface area contributed by atoms with Crippen LogP contribution in [0.2, 0.25) is 0 Å². The van der Waals surface area contributed by atoms with E-state index in [-0.39, 0.29) is 10.9 Å². The first-order valence-corrected chi connectivity index (χ1v) is 10.7. The molecule has 2 heterocycles. The molecule has 0 aliphatic carbocycles. The van der Waals surface area contributed by atoms with Crippen molar-refractivity contribution in [3.05, 3.63) is 54.1 Å². The average Bonchev–Trinajstić information content (AvgIpc) is 2.70. The Morgan fingerprint density at radius 3 is 2.48 bits per heavy atom. The summed E-state index contributed by atoms with van der Waals surface area (Å²) in [5.41, 5.74) is 1.24. The summed E-state index contributed by atoms with van der Waals surface area (Å²) in [5, 5.41) is 0. The Hall–Kier alpha value is -2.09. The second kappa shape index (κ2) is 7.50. The molecule has 0 radical (unpaired) electrons. The van der Waals surface area contributed by atoms with Gasteiger partial charge in [-0.15, -0.1) is 0 Å². The molecule has 2 aliphatic heterocycles. The zero-order valence-corrected chi connectivity index (χ0v) is 16.2. The Bertz CT molecular complexity index is 901. The maximum Gasteiger partial charge on any atom is 0.243 e. The van der Waals surface area contributed by atoms with Crippen LogP contribution in [0.15, 0.2) is 53.4 Å². The van der Waals surface area contributed by atoms with E-state index in [1.165, 1.54) is 5.56 Å². The van der Waals surface area contributed by atoms with E-state index in [4.69, 9.17) is 9.47 Å². The Kier molecular flexibility index (Phi) is 5.08. The molecule has 0 spiro atoms. The summed E-state index contributed by atoms with van der Waals surface area (Å²) in [7, 11) is -3.55. The fraction of sp³-hybridized carbons (Fsp3) is 0.400. The van der Waals surface area contributed by atoms with Crippen molar-refractivity contribution < 1.29 is 17.9 Å². The first-order valence-electron chi connectivity index (χ1n) is 9.22. The van der Waals surface area contributed by atoms with Crippen molar-refractivity contribution in [1.82, 2.24) is 9.21 Å². The number of fused-ring (bicyclic) bond motifs is 1. The summed E-state index contributed by atoms with van der Waals surface area (Å²) < 4.78 is 38.8. The van der Waals surface area contributed by atoms with E-state index >= 15 is 0 Å². The average molecular weight is 388 g/mol. The molecule has 4 rings (SSSR count). The summed E-state index contributed by atoms with van der Waals surface area (Å²) in [5.74, 6) is 1.10. The monoisotopic (exact) mass is 388 g/mol. The fourth-order valence-electron chi connectivity index (χ4n) is 3.57. The molecule has 27 heavy (non-hydrogen) atoms. The second-order valence-corrected chi connectivity index (χ2v) is 8.91. The molecule has 1 fully saturated rings. The van der Waals surface area contributed by atoms with Crippen LogP contribution < -0.4 is 9.47 Å². The number of ether oxygens (including phenoxy) is 2. The van der Waals surface area contributed by atoms with Crippen LogP contribution in [-0.2, 0) is 16.6 Å². The van der Waals surface area contributed by atoms with Crippen LogP contribution >= 0.6 is 0 Å². The van der Waals surface area contributed by atoms with Crippen molar-refractivity contribution in [3.8, 4) is 11.5 Å². The first kappa shape index (κ1) is 18.3. The summed E-state index contributed by atoms with van der Waals surface area (Å²) in [6.07, 6.45) is 0. The van der Waals surface area contributed by atoms with Crippen molar-refractivity contribution in [2.24, 2.45) is 0 Å². The lowest BCUT2D eigenvalue weighted by atomic mass is 10.1. The van der Waals surface area contributed by atoms with Gasteiger partial charge in [0.25, 0.3) is 0 Å². The third-order valence-corrected chi connectivity index (χ3v) is 6.97. The van der Waals surface area contributed by atoms with Gasteiger partial charge in [-0.3, -0.25) is 4.90 Å². The molecule has 1 saturated heterocycles. The van der Waals surface area contributed by atoms with E-state index in [2.05, 4.69) is 24.0 Å². The predicted molar refractivity (Wildman–Crippen MR) is 103 cm³/mol. The Morgan fingerprint density at radius 1 is 1.00 bits per heavy atom. The Labute approximate surface area is 160 Å². The van der Waals surface area contributed by atoms with E-state index < -0.39 is 10.0 Å². The highest BCUT2D eigenvalue weighted by Gasteiger charge is 2.33. The van der Waals surface area contributed by atoms with Gasteiger partial charge in [-0.1, -0.05) is 30.3 Å². The van der Waals surface area contributed by atoms with Gasteiger partial charge in [-0.2, -0.15) is 4.31 Å². The highest BCUT2D eigenvalue weighted by molar-refractivity contribution is 7.89. The van der Waals surface area contributed by atoms with Crippen molar-refractivity contribution in [2.75, 3.05) is 32.8 Å². The lowest BCUT2D eigenvalue weighted by Gasteiger charge is -2.39. The highest BCUT2D eigenvalue weighted by Crippen LogP contribution is 2.33. The molecule has 0 aromatic heterocycles. The van der Waals surface area contributed by atoms with E-state index in [0.717, 1.165) is 6.54 Å². The number of piperazine rings is 1. The van der Waals surface area contributed by atoms with Crippen LogP contribution in [0.25, 0.3) is 0 Å². The van der Waals surface area contributed by atoms with E-state index in [0.29, 0.717) is 44.3 Å². The molecule has 7 heteroatoms. The maximum absolute atomic E-state index is 13.1. The van der Waals surface area contributed by atoms with Gasteiger partial charge >= 0.3 is 0 Å². The van der Waals surface area contributed by atoms with E-state index in [1.807, 2.05) is 18.2 Å². The van der Waals surface area contributed by atoms with Crippen LogP contribution in [0.5, 0.6) is 11.5 Å². The molecule has 0 bridgehead atoms. The van der Waals surface area contributed by atoms with Gasteiger partial charge in [0.1, 0.15) is 13.2 Å². The molecular weight excluding hydrogens is 364 g/mol. The second-order valence-electron chi connectivity index (χ2n) is 6.97. The number of hydrogen-bond donors (Lipinski definition) is 0. The molecule has 0 saturated carbocycles. The van der Waals surface area contributed by atoms with Crippen LogP contribution in [0.4, 0.5) is 0 Å². The quantitative estimate of drug-likeness (QED) is 0.805. The molecular formula is C20H24N2O4S. The summed E-state index contributed by atoms with van der Waals surface area (Å²) >= 11 is 0. The highest BCUT2D eigenvalue weighted by atomic mass is 32.2. The van der Waals surface area contributed by atoms with Crippen molar-refractivity contribution >= 4 is 10.0 Å². The predicted octanol–water partition coefficient (Wildman–Crippen LogP) is 2.35. The molecule has 6 nitrogen and oxygen atoms in total. The minimum atomic E-state index is -3.55. The Morgan fingerprint density at radius 2 is 1.74 bits per heavy atom. The van der Waals surface area contributed by atoms with Gasteiger partial charge in [0.2, 0.25) is 10.0 Å². The summed E-state index contributed by atoms with van der Waals surface area (Å²) in [4.78, 5) is 2.58. The molecule has 2 aromatic rings. The molecule has 1 atom stereocenters. The Balaban J connectivity index is 1.47. The molecule has 0 amide bonds. The number of nitrogens with zero attached hydrogens (tertiary/aromatic N) is 2. The van der Waals surface area contributed by atoms with Gasteiger partial charge < -0.3 is 9.47 Å². The molecule has 0 N–H and O–H groups in total. The first-order chi connectivity index (χ1) is 13.0. The van der Waals surface area contributed by atoms with Crippen LogP contribution in [0, 0.1) is 0 Å². The van der Waals surface area contributed by atoms with Crippen molar-refractivity contribution in [1.29, 1.82) is 0 Å². The lowest BCUT2D eigenvalue weighted by Crippen LogP contribution is -2.53. The smallest absolute Gasteiger partial charge is 0.243 e. The largest absolute Gasteiger partial charge is 0.486 e. The van der Waals surface area contributed by atoms with Crippen LogP contribution in [0.3, 0.4) is 0 Å². The van der Waals surface area contributed by atoms with Gasteiger partial charge in [0, 0.05) is 38.3 Å². The third kappa shape index (κ3) is 3.81. The van der Waals surface area contributed by atoms with Crippen molar-refractivity contribution in [2.45, 2.75) is 24.4 Å². The zero-order valence-electron chi connectivity index (χ0n) is 15.4. The number of sulfonamides is 1. The van der Waals surface area contributed by atoms with Gasteiger partial charge in [-0.05, 0) is 24.6 Å². The third-order valence-electron chi connectivity index (χ3n) is 5.11. The van der Waals surface area contributed by atoms with Crippen LogP contribution in [-0.4, -0.2) is 56.5 Å². The molecule has 2 aliphatic rings. The SMILES string of the molecule is CC1CN(S(=O)(=O)c2ccc3c(c2)OCCO3)CCN1Cc1ccccc1. The number of benzene rings is 2. The van der Waals surface area contributed by atoms with Gasteiger partial charge in [-0.25, -0.2) is 8.42 Å². The van der Waals surface area contributed by atoms with Gasteiger partial charge in [0.05, 0.1) is 4.90 Å². The lowest BCUT2D eigenvalue weighted by molar-refractivity contribution is 0.122. The fourth-order valence-corrected chi connectivity index (χ4v) is 5.09. The van der Waals surface area contributed by atoms with Crippen LogP contribution in [0.1, 0.15) is 12.5 Å². The normalized spacial score (nSPS) is 21.1. The number of hydrogen-bond acceptors (Lipinski definition) is 5. The molecule has 2 aromatic carbocycles. The topological polar surface area (TPSA) is 59.1 Å². The van der Waals surface area contributed by atoms with Crippen molar-refractivity contribution in [3.63, 3.8) is 0 Å². The summed E-state index contributed by atoms with van der Waals surface area (Å²) in [6.45, 7) is 5.50. The zero-order chi connectivity index (χ0) is 18.9. The maximum atomic E-state index is 13.1. The standard InChI is InChI=1S/C20H24N2O4S/c1-16-14-22(10-9-21(16)15-17-5-3-2-4-6-17)27(23,24)18-7-8-19-20(13-18)26-12-11-25-19/h2-8,13,16H,9-12,14-15H2,1H3. The minimum absolute atomic E-state index is 0.144. The molecule has 1 unspecified atom stereocenters.